The van der Waals surface area contributed by atoms with Gasteiger partial charge in [0, 0.05) is 38.3 Å². The lowest BCUT2D eigenvalue weighted by Gasteiger charge is -2.46. The molecule has 77 heavy (non-hydrogen) atoms. The lowest BCUT2D eigenvalue weighted by Crippen LogP contribution is -2.59. The molecule has 1 spiro atoms. The highest BCUT2D eigenvalue weighted by Crippen LogP contribution is 2.66. The molecular formula is C60H57N7O10. The number of carbonyl (C=O) groups excluding carboxylic acids is 5. The minimum atomic E-state index is -2.07. The number of imide groups is 1. The number of ether oxygens (including phenoxy) is 4. The quantitative estimate of drug-likeness (QED) is 0.0789. The summed E-state index contributed by atoms with van der Waals surface area (Å²) in [5, 5.41) is 15.5. The number of nitrogens with one attached hydrogen (secondary N) is 2. The minimum Gasteiger partial charge on any atom is -0.491 e. The first-order valence-electron chi connectivity index (χ1n) is 25.7. The maximum absolute atomic E-state index is 16.9. The Balaban J connectivity index is 1.12. The number of nitrogens with zero attached hydrogens (tertiary/aromatic N) is 4. The van der Waals surface area contributed by atoms with Crippen LogP contribution in [0.4, 0.5) is 15.3 Å². The summed E-state index contributed by atoms with van der Waals surface area (Å²) in [4.78, 5) is 83.3. The van der Waals surface area contributed by atoms with Gasteiger partial charge in [-0.05, 0) is 82.8 Å². The van der Waals surface area contributed by atoms with E-state index < -0.39 is 71.5 Å². The van der Waals surface area contributed by atoms with Crippen LogP contribution in [-0.4, -0.2) is 108 Å². The van der Waals surface area contributed by atoms with Gasteiger partial charge in [0.1, 0.15) is 29.9 Å². The van der Waals surface area contributed by atoms with Gasteiger partial charge < -0.3 is 45.3 Å². The van der Waals surface area contributed by atoms with Gasteiger partial charge in [0.15, 0.2) is 11.5 Å². The predicted molar refractivity (Wildman–Crippen MR) is 283 cm³/mol. The van der Waals surface area contributed by atoms with Gasteiger partial charge in [0.2, 0.25) is 18.6 Å². The molecule has 17 nitrogen and oxygen atoms in total. The van der Waals surface area contributed by atoms with Crippen molar-refractivity contribution >= 4 is 35.5 Å². The van der Waals surface area contributed by atoms with Crippen LogP contribution < -0.4 is 35.5 Å². The number of amides is 6. The smallest absolute Gasteiger partial charge is 0.329 e. The highest BCUT2D eigenvalue weighted by molar-refractivity contribution is 6.24. The summed E-state index contributed by atoms with van der Waals surface area (Å²) in [6.45, 7) is 3.57. The van der Waals surface area contributed by atoms with Crippen molar-refractivity contribution in [2.75, 3.05) is 57.6 Å². The van der Waals surface area contributed by atoms with E-state index in [0.717, 1.165) is 21.6 Å². The number of carbonyl (C=O) groups is 5. The number of rotatable bonds is 12. The van der Waals surface area contributed by atoms with Crippen LogP contribution in [0.5, 0.6) is 17.2 Å². The monoisotopic (exact) mass is 1040 g/mol. The van der Waals surface area contributed by atoms with E-state index in [1.165, 1.54) is 0 Å². The number of esters is 1. The van der Waals surface area contributed by atoms with Crippen molar-refractivity contribution < 1.29 is 48.0 Å². The summed E-state index contributed by atoms with van der Waals surface area (Å²) in [5.41, 5.74) is 7.94. The van der Waals surface area contributed by atoms with E-state index in [1.54, 1.807) is 41.3 Å². The molecule has 3 fully saturated rings. The first-order chi connectivity index (χ1) is 37.5. The van der Waals surface area contributed by atoms with E-state index in [0.29, 0.717) is 53.6 Å². The number of anilines is 1. The number of piperazine rings is 1. The normalized spacial score (nSPS) is 22.8. The van der Waals surface area contributed by atoms with Gasteiger partial charge in [-0.25, -0.2) is 14.5 Å². The number of morpholine rings is 1. The topological polar surface area (TPSA) is 206 Å². The van der Waals surface area contributed by atoms with Gasteiger partial charge in [0.05, 0.1) is 42.9 Å². The molecule has 5 N–H and O–H groups in total. The fraction of sp³-hybridized carbons (Fsp3) is 0.283. The third-order valence-electron chi connectivity index (χ3n) is 15.2. The maximum atomic E-state index is 16.9. The van der Waals surface area contributed by atoms with E-state index in [-0.39, 0.29) is 50.9 Å². The van der Waals surface area contributed by atoms with E-state index >= 15 is 19.2 Å². The predicted octanol–water partition coefficient (Wildman–Crippen LogP) is 6.29. The largest absolute Gasteiger partial charge is 0.491 e. The van der Waals surface area contributed by atoms with E-state index in [4.69, 9.17) is 24.7 Å². The molecule has 3 saturated heterocycles. The number of benzene rings is 6. The lowest BCUT2D eigenvalue weighted by atomic mass is 9.64. The summed E-state index contributed by atoms with van der Waals surface area (Å²) in [7, 11) is 0. The third-order valence-corrected chi connectivity index (χ3v) is 15.2. The number of cyclic esters (lactones) is 1. The van der Waals surface area contributed by atoms with Crippen molar-refractivity contribution in [2.24, 2.45) is 11.7 Å². The van der Waals surface area contributed by atoms with Crippen molar-refractivity contribution in [1.29, 1.82) is 0 Å². The number of aliphatic hydroxyl groups is 1. The van der Waals surface area contributed by atoms with Crippen molar-refractivity contribution in [3.8, 4) is 29.1 Å². The van der Waals surface area contributed by atoms with Crippen molar-refractivity contribution in [1.82, 2.24) is 25.3 Å². The molecule has 5 aliphatic heterocycles. The molecule has 0 saturated carbocycles. The number of primary amides is 1. The number of urea groups is 2. The van der Waals surface area contributed by atoms with Crippen LogP contribution in [0, 0.1) is 17.8 Å². The van der Waals surface area contributed by atoms with Gasteiger partial charge >= 0.3 is 18.0 Å². The van der Waals surface area contributed by atoms with Crippen LogP contribution in [0.25, 0.3) is 0 Å². The second-order valence-electron chi connectivity index (χ2n) is 19.7. The summed E-state index contributed by atoms with van der Waals surface area (Å²) < 4.78 is 24.0. The molecule has 0 aromatic heterocycles. The molecule has 6 amide bonds. The Hall–Kier alpha value is -8.69. The van der Waals surface area contributed by atoms with Gasteiger partial charge in [-0.1, -0.05) is 121 Å². The number of nitrogens with two attached hydrogens (primary N) is 1. The minimum absolute atomic E-state index is 0.0373. The highest BCUT2D eigenvalue weighted by Gasteiger charge is 2.76. The molecular weight excluding hydrogens is 979 g/mol. The first kappa shape index (κ1) is 50.5. The number of hydrogen-bond donors (Lipinski definition) is 4. The second kappa shape index (κ2) is 21.5. The van der Waals surface area contributed by atoms with Crippen LogP contribution in [0.15, 0.2) is 152 Å². The summed E-state index contributed by atoms with van der Waals surface area (Å²) in [6, 6.07) is 40.8. The van der Waals surface area contributed by atoms with Crippen LogP contribution >= 0.6 is 0 Å². The van der Waals surface area contributed by atoms with Crippen LogP contribution in [0.3, 0.4) is 0 Å². The molecule has 7 atom stereocenters. The fourth-order valence-corrected chi connectivity index (χ4v) is 11.9. The number of fused-ring (bicyclic) bond motifs is 4. The first-order valence-corrected chi connectivity index (χ1v) is 25.7. The average molecular weight is 1040 g/mol. The molecule has 6 aromatic carbocycles. The fourth-order valence-electron chi connectivity index (χ4n) is 11.9. The Morgan fingerprint density at radius 1 is 0.792 bits per heavy atom. The summed E-state index contributed by atoms with van der Waals surface area (Å²) >= 11 is 0. The molecule has 0 aliphatic carbocycles. The van der Waals surface area contributed by atoms with E-state index in [9.17, 15) is 9.90 Å². The van der Waals surface area contributed by atoms with Gasteiger partial charge in [-0.2, -0.15) is 0 Å². The molecule has 0 radical (unpaired) electrons. The van der Waals surface area contributed by atoms with Crippen LogP contribution in [0.1, 0.15) is 70.1 Å². The van der Waals surface area contributed by atoms with Gasteiger partial charge in [-0.15, -0.1) is 0 Å². The van der Waals surface area contributed by atoms with Crippen LogP contribution in [-0.2, 0) is 31.1 Å². The van der Waals surface area contributed by atoms with E-state index in [1.807, 2.05) is 127 Å². The van der Waals surface area contributed by atoms with E-state index in [2.05, 4.69) is 27.4 Å². The molecule has 0 bridgehead atoms. The van der Waals surface area contributed by atoms with Crippen molar-refractivity contribution in [3.63, 3.8) is 0 Å². The summed E-state index contributed by atoms with van der Waals surface area (Å²) in [5.74, 6) is 4.32. The molecule has 0 unspecified atom stereocenters. The van der Waals surface area contributed by atoms with Gasteiger partial charge in [-0.3, -0.25) is 24.2 Å². The Labute approximate surface area is 445 Å². The Bertz CT molecular complexity index is 3270. The number of aliphatic hydroxyl groups excluding tert-OH is 1. The third kappa shape index (κ3) is 9.45. The van der Waals surface area contributed by atoms with Gasteiger partial charge in [0.25, 0.3) is 0 Å². The Kier molecular flexibility index (Phi) is 14.1. The maximum Gasteiger partial charge on any atom is 0.329 e. The average Bonchev–Trinajstić information content (AvgIpc) is 4.34. The summed E-state index contributed by atoms with van der Waals surface area (Å²) in [6.07, 6.45) is -0.943. The zero-order chi connectivity index (χ0) is 53.2. The molecule has 6 aromatic rings. The van der Waals surface area contributed by atoms with Crippen molar-refractivity contribution in [2.45, 2.75) is 49.2 Å². The van der Waals surface area contributed by atoms with Crippen LogP contribution in [0.2, 0.25) is 0 Å². The zero-order valence-corrected chi connectivity index (χ0v) is 42.2. The zero-order valence-electron chi connectivity index (χ0n) is 42.2. The highest BCUT2D eigenvalue weighted by atomic mass is 16.7. The lowest BCUT2D eigenvalue weighted by molar-refractivity contribution is -0.179. The van der Waals surface area contributed by atoms with Crippen molar-refractivity contribution in [3.05, 3.63) is 191 Å². The Morgan fingerprint density at radius 2 is 1.49 bits per heavy atom. The SMILES string of the molecule is C[C@@H](NC(=O)N1C(=O)[C@@]2(c3cc(C#CCNC(N)=O)ccc31)[C@H](C(=O)N1CCN(Cc3ccc4c(c3)OCO4)CC1)[C@H]1C(=O)O[C@H](c3ccccc3)[C@H](c3ccccc3)N1[C@@H]2c1cccc(OCCO)c1)c1ccccc1. The molecule has 5 heterocycles. The number of hydrogen-bond acceptors (Lipinski definition) is 12. The Morgan fingerprint density at radius 3 is 2.22 bits per heavy atom. The molecule has 5 aliphatic rings. The second-order valence-corrected chi connectivity index (χ2v) is 19.7. The molecule has 392 valence electrons. The molecule has 17 heteroatoms. The standard InChI is InChI=1S/C60H57N7O10/c1-38(41-14-5-2-6-15-41)63-59(73)66-47-24-22-39(13-12-26-62-58(61)72)33-46(47)60(57(66)71)50(55(69)65-29-27-64(28-30-65)36-40-23-25-48-49(34-40)76-37-75-48)52-56(70)77-53(43-18-9-4-10-19-43)51(42-16-7-3-8-17-42)67(52)54(60)44-20-11-21-45(35-44)74-32-31-68/h2-11,14-25,33-35,38,50-54,68H,26-32,36-37H2,1H3,(H,63,73)(H3,61,62,72)/t38-,50+,51+,52+,53-,54-,60+/m1/s1. The molecule has 11 rings (SSSR count).